The van der Waals surface area contributed by atoms with Crippen LogP contribution in [0.4, 0.5) is 0 Å². The van der Waals surface area contributed by atoms with Crippen molar-refractivity contribution in [3.8, 4) is 5.75 Å². The fraction of sp³-hybridized carbons (Fsp3) is 0.625. The summed E-state index contributed by atoms with van der Waals surface area (Å²) >= 11 is 0. The maximum atomic E-state index is 12.7. The molecule has 1 aromatic carbocycles. The minimum atomic E-state index is -3.54. The highest BCUT2D eigenvalue weighted by molar-refractivity contribution is 7.89. The standard InChI is InChI=1S/C16H25NO3S/c1-4-13-9-10-15(20-3)16(11-13)21(18,19)17-14-8-6-5-7-12(14)2/h9-12,14,17H,4-8H2,1-3H3/t12-,14-/m0/s1. The molecule has 4 nitrogen and oxygen atoms in total. The zero-order chi connectivity index (χ0) is 15.5. The number of hydrogen-bond acceptors (Lipinski definition) is 3. The third kappa shape index (κ3) is 3.77. The summed E-state index contributed by atoms with van der Waals surface area (Å²) in [5.74, 6) is 0.789. The lowest BCUT2D eigenvalue weighted by Crippen LogP contribution is -2.41. The molecular formula is C16H25NO3S. The lowest BCUT2D eigenvalue weighted by Gasteiger charge is -2.29. The third-order valence-corrected chi connectivity index (χ3v) is 5.85. The van der Waals surface area contributed by atoms with E-state index in [0.717, 1.165) is 31.2 Å². The van der Waals surface area contributed by atoms with Crippen molar-refractivity contribution in [1.82, 2.24) is 4.72 Å². The second kappa shape index (κ2) is 6.79. The van der Waals surface area contributed by atoms with Crippen LogP contribution < -0.4 is 9.46 Å². The Labute approximate surface area is 127 Å². The van der Waals surface area contributed by atoms with E-state index in [4.69, 9.17) is 4.74 Å². The Balaban J connectivity index is 2.30. The molecule has 1 fully saturated rings. The number of aryl methyl sites for hydroxylation is 1. The Morgan fingerprint density at radius 3 is 2.62 bits per heavy atom. The zero-order valence-electron chi connectivity index (χ0n) is 13.1. The summed E-state index contributed by atoms with van der Waals surface area (Å²) in [6.07, 6.45) is 5.07. The second-order valence-corrected chi connectivity index (χ2v) is 7.51. The lowest BCUT2D eigenvalue weighted by molar-refractivity contribution is 0.310. The molecule has 2 atom stereocenters. The average molecular weight is 311 g/mol. The van der Waals surface area contributed by atoms with Crippen LogP contribution in [0.25, 0.3) is 0 Å². The topological polar surface area (TPSA) is 55.4 Å². The maximum Gasteiger partial charge on any atom is 0.244 e. The van der Waals surface area contributed by atoms with Gasteiger partial charge in [0.2, 0.25) is 10.0 Å². The molecule has 118 valence electrons. The zero-order valence-corrected chi connectivity index (χ0v) is 13.9. The van der Waals surface area contributed by atoms with Gasteiger partial charge >= 0.3 is 0 Å². The molecule has 0 bridgehead atoms. The van der Waals surface area contributed by atoms with Gasteiger partial charge in [-0.05, 0) is 42.9 Å². The molecule has 5 heteroatoms. The summed E-state index contributed by atoms with van der Waals surface area (Å²) in [5.41, 5.74) is 0.993. The molecule has 21 heavy (non-hydrogen) atoms. The van der Waals surface area contributed by atoms with Gasteiger partial charge in [-0.3, -0.25) is 0 Å². The van der Waals surface area contributed by atoms with Gasteiger partial charge in [0, 0.05) is 6.04 Å². The van der Waals surface area contributed by atoms with Crippen LogP contribution in [-0.2, 0) is 16.4 Å². The predicted octanol–water partition coefficient (Wildman–Crippen LogP) is 3.11. The highest BCUT2D eigenvalue weighted by Gasteiger charge is 2.28. The fourth-order valence-electron chi connectivity index (χ4n) is 2.91. The molecule has 0 heterocycles. The van der Waals surface area contributed by atoms with Crippen LogP contribution in [0.3, 0.4) is 0 Å². The molecule has 0 radical (unpaired) electrons. The number of methoxy groups -OCH3 is 1. The maximum absolute atomic E-state index is 12.7. The molecule has 1 aromatic rings. The van der Waals surface area contributed by atoms with Crippen molar-refractivity contribution >= 4 is 10.0 Å². The fourth-order valence-corrected chi connectivity index (χ4v) is 4.50. The highest BCUT2D eigenvalue weighted by atomic mass is 32.2. The number of nitrogens with one attached hydrogen (secondary N) is 1. The monoisotopic (exact) mass is 311 g/mol. The molecule has 0 unspecified atom stereocenters. The van der Waals surface area contributed by atoms with Crippen molar-refractivity contribution in [3.63, 3.8) is 0 Å². The van der Waals surface area contributed by atoms with Crippen molar-refractivity contribution in [3.05, 3.63) is 23.8 Å². The molecule has 0 amide bonds. The number of sulfonamides is 1. The largest absolute Gasteiger partial charge is 0.495 e. The second-order valence-electron chi connectivity index (χ2n) is 5.83. The average Bonchev–Trinajstić information content (AvgIpc) is 2.48. The van der Waals surface area contributed by atoms with Crippen LogP contribution in [0.1, 0.15) is 45.1 Å². The first-order valence-electron chi connectivity index (χ1n) is 7.67. The van der Waals surface area contributed by atoms with E-state index in [1.165, 1.54) is 13.5 Å². The molecule has 0 spiro atoms. The Kier molecular flexibility index (Phi) is 5.27. The van der Waals surface area contributed by atoms with Gasteiger partial charge in [-0.2, -0.15) is 0 Å². The van der Waals surface area contributed by atoms with Crippen molar-refractivity contribution in [1.29, 1.82) is 0 Å². The summed E-state index contributed by atoms with van der Waals surface area (Å²) in [6.45, 7) is 4.13. The molecule has 1 N–H and O–H groups in total. The van der Waals surface area contributed by atoms with Crippen LogP contribution in [-0.4, -0.2) is 21.6 Å². The van der Waals surface area contributed by atoms with E-state index in [2.05, 4.69) is 11.6 Å². The molecule has 1 aliphatic carbocycles. The number of rotatable bonds is 5. The summed E-state index contributed by atoms with van der Waals surface area (Å²) in [4.78, 5) is 0.252. The normalized spacial score (nSPS) is 23.0. The molecule has 1 saturated carbocycles. The summed E-state index contributed by atoms with van der Waals surface area (Å²) in [5, 5.41) is 0. The van der Waals surface area contributed by atoms with Gasteiger partial charge in [0.15, 0.2) is 0 Å². The van der Waals surface area contributed by atoms with Crippen LogP contribution in [0, 0.1) is 5.92 Å². The van der Waals surface area contributed by atoms with Crippen LogP contribution in [0.15, 0.2) is 23.1 Å². The molecule has 0 aliphatic heterocycles. The third-order valence-electron chi connectivity index (χ3n) is 4.34. The van der Waals surface area contributed by atoms with Gasteiger partial charge in [0.05, 0.1) is 7.11 Å². The van der Waals surface area contributed by atoms with E-state index in [1.807, 2.05) is 13.0 Å². The van der Waals surface area contributed by atoms with E-state index in [-0.39, 0.29) is 10.9 Å². The summed E-state index contributed by atoms with van der Waals surface area (Å²) in [6, 6.07) is 5.38. The number of benzene rings is 1. The predicted molar refractivity (Wildman–Crippen MR) is 84.1 cm³/mol. The van der Waals surface area contributed by atoms with Gasteiger partial charge in [-0.15, -0.1) is 0 Å². The lowest BCUT2D eigenvalue weighted by atomic mass is 9.87. The first-order chi connectivity index (χ1) is 9.97. The highest BCUT2D eigenvalue weighted by Crippen LogP contribution is 2.29. The van der Waals surface area contributed by atoms with E-state index in [1.54, 1.807) is 12.1 Å². The Morgan fingerprint density at radius 2 is 2.00 bits per heavy atom. The van der Waals surface area contributed by atoms with E-state index < -0.39 is 10.0 Å². The van der Waals surface area contributed by atoms with Crippen LogP contribution in [0.2, 0.25) is 0 Å². The van der Waals surface area contributed by atoms with E-state index >= 15 is 0 Å². The van der Waals surface area contributed by atoms with Crippen molar-refractivity contribution in [2.75, 3.05) is 7.11 Å². The van der Waals surface area contributed by atoms with Gasteiger partial charge in [0.25, 0.3) is 0 Å². The first kappa shape index (κ1) is 16.3. The van der Waals surface area contributed by atoms with Crippen LogP contribution in [0.5, 0.6) is 5.75 Å². The SMILES string of the molecule is CCc1ccc(OC)c(S(=O)(=O)N[C@H]2CCCC[C@@H]2C)c1. The van der Waals surface area contributed by atoms with E-state index in [9.17, 15) is 8.42 Å². The minimum Gasteiger partial charge on any atom is -0.495 e. The molecule has 0 aromatic heterocycles. The molecule has 2 rings (SSSR count). The van der Waals surface area contributed by atoms with E-state index in [0.29, 0.717) is 11.7 Å². The van der Waals surface area contributed by atoms with Crippen molar-refractivity contribution < 1.29 is 13.2 Å². The first-order valence-corrected chi connectivity index (χ1v) is 9.15. The molecule has 0 saturated heterocycles. The van der Waals surface area contributed by atoms with Gasteiger partial charge in [-0.25, -0.2) is 13.1 Å². The smallest absolute Gasteiger partial charge is 0.244 e. The van der Waals surface area contributed by atoms with Crippen LogP contribution >= 0.6 is 0 Å². The van der Waals surface area contributed by atoms with Crippen molar-refractivity contribution in [2.24, 2.45) is 5.92 Å². The summed E-state index contributed by atoms with van der Waals surface area (Å²) < 4.78 is 33.5. The minimum absolute atomic E-state index is 0.0266. The molecule has 1 aliphatic rings. The van der Waals surface area contributed by atoms with Gasteiger partial charge in [0.1, 0.15) is 10.6 Å². The molecular weight excluding hydrogens is 286 g/mol. The number of hydrogen-bond donors (Lipinski definition) is 1. The quantitative estimate of drug-likeness (QED) is 0.909. The Morgan fingerprint density at radius 1 is 1.29 bits per heavy atom. The van der Waals surface area contributed by atoms with Crippen molar-refractivity contribution in [2.45, 2.75) is 56.9 Å². The Hall–Kier alpha value is -1.07. The summed E-state index contributed by atoms with van der Waals surface area (Å²) in [7, 11) is -2.04. The Bertz CT molecular complexity index is 583. The van der Waals surface area contributed by atoms with Gasteiger partial charge in [-0.1, -0.05) is 32.8 Å². The van der Waals surface area contributed by atoms with Gasteiger partial charge < -0.3 is 4.74 Å². The number of ether oxygens (including phenoxy) is 1.